The number of nitrogens with one attached hydrogen (secondary N) is 1. The Morgan fingerprint density at radius 3 is 2.31 bits per heavy atom. The van der Waals surface area contributed by atoms with E-state index in [0.717, 1.165) is 23.4 Å². The van der Waals surface area contributed by atoms with Gasteiger partial charge in [0.2, 0.25) is 5.91 Å². The Bertz CT molecular complexity index is 896. The highest BCUT2D eigenvalue weighted by atomic mass is 19.1. The number of amides is 2. The molecule has 1 atom stereocenters. The first-order valence-electron chi connectivity index (χ1n) is 9.62. The Hall–Kier alpha value is -2.96. The van der Waals surface area contributed by atoms with Crippen molar-refractivity contribution in [3.8, 4) is 0 Å². The van der Waals surface area contributed by atoms with Crippen LogP contribution in [0.2, 0.25) is 0 Å². The number of fused-ring (bicyclic) bond motifs is 1. The first kappa shape index (κ1) is 20.8. The summed E-state index contributed by atoms with van der Waals surface area (Å²) in [6.45, 7) is 5.12. The molecule has 7 heteroatoms. The van der Waals surface area contributed by atoms with Crippen molar-refractivity contribution < 1.29 is 18.4 Å². The summed E-state index contributed by atoms with van der Waals surface area (Å²) in [5.41, 5.74) is 1.39. The van der Waals surface area contributed by atoms with Gasteiger partial charge in [-0.15, -0.1) is 0 Å². The molecule has 0 spiro atoms. The summed E-state index contributed by atoms with van der Waals surface area (Å²) < 4.78 is 27.9. The fourth-order valence-corrected chi connectivity index (χ4v) is 3.52. The topological polar surface area (TPSA) is 52.7 Å². The van der Waals surface area contributed by atoms with E-state index >= 15 is 0 Å². The van der Waals surface area contributed by atoms with Crippen molar-refractivity contribution in [1.29, 1.82) is 0 Å². The van der Waals surface area contributed by atoms with Crippen molar-refractivity contribution in [3.05, 3.63) is 65.2 Å². The molecular formula is C22H25F2N3O2. The molecule has 29 heavy (non-hydrogen) atoms. The van der Waals surface area contributed by atoms with Crippen LogP contribution in [0.3, 0.4) is 0 Å². The third-order valence-corrected chi connectivity index (χ3v) is 5.19. The summed E-state index contributed by atoms with van der Waals surface area (Å²) in [5.74, 6) is -3.36. The Morgan fingerprint density at radius 2 is 1.66 bits per heavy atom. The molecule has 0 bridgehead atoms. The van der Waals surface area contributed by atoms with E-state index in [9.17, 15) is 18.4 Å². The highest BCUT2D eigenvalue weighted by Crippen LogP contribution is 2.24. The minimum Gasteiger partial charge on any atom is -0.373 e. The molecule has 1 unspecified atom stereocenters. The van der Waals surface area contributed by atoms with Crippen LogP contribution in [-0.2, 0) is 11.3 Å². The molecule has 0 saturated carbocycles. The van der Waals surface area contributed by atoms with Gasteiger partial charge in [0.25, 0.3) is 5.91 Å². The number of anilines is 1. The average molecular weight is 401 g/mol. The second-order valence-corrected chi connectivity index (χ2v) is 7.60. The van der Waals surface area contributed by atoms with Crippen molar-refractivity contribution >= 4 is 17.5 Å². The van der Waals surface area contributed by atoms with Gasteiger partial charge in [-0.1, -0.05) is 38.1 Å². The van der Waals surface area contributed by atoms with E-state index in [4.69, 9.17) is 0 Å². The first-order valence-corrected chi connectivity index (χ1v) is 9.62. The zero-order valence-corrected chi connectivity index (χ0v) is 16.8. The Labute approximate surface area is 169 Å². The van der Waals surface area contributed by atoms with Crippen LogP contribution < -0.4 is 10.2 Å². The Kier molecular flexibility index (Phi) is 6.15. The number of likely N-dealkylation sites (N-methyl/N-ethyl adjacent to an activating group) is 1. The van der Waals surface area contributed by atoms with Gasteiger partial charge in [-0.05, 0) is 29.7 Å². The van der Waals surface area contributed by atoms with Crippen LogP contribution in [0.25, 0.3) is 0 Å². The van der Waals surface area contributed by atoms with Crippen molar-refractivity contribution in [2.75, 3.05) is 25.0 Å². The molecular weight excluding hydrogens is 376 g/mol. The second-order valence-electron chi connectivity index (χ2n) is 7.60. The average Bonchev–Trinajstić information content (AvgIpc) is 2.84. The Morgan fingerprint density at radius 1 is 1.00 bits per heavy atom. The van der Waals surface area contributed by atoms with E-state index in [1.807, 2.05) is 31.3 Å². The number of carbonyl (C=O) groups excluding carboxylic acids is 2. The molecule has 0 saturated heterocycles. The number of rotatable bonds is 4. The van der Waals surface area contributed by atoms with Crippen LogP contribution in [-0.4, -0.2) is 42.9 Å². The smallest absolute Gasteiger partial charge is 0.257 e. The molecule has 0 radical (unpaired) electrons. The van der Waals surface area contributed by atoms with E-state index < -0.39 is 29.1 Å². The number of para-hydroxylation sites is 1. The van der Waals surface area contributed by atoms with Crippen LogP contribution in [0.5, 0.6) is 0 Å². The molecule has 1 N–H and O–H groups in total. The fourth-order valence-electron chi connectivity index (χ4n) is 3.52. The van der Waals surface area contributed by atoms with Crippen LogP contribution in [0, 0.1) is 17.6 Å². The van der Waals surface area contributed by atoms with Gasteiger partial charge in [-0.25, -0.2) is 8.78 Å². The molecule has 5 nitrogen and oxygen atoms in total. The fraction of sp³-hybridized carbons (Fsp3) is 0.364. The first-order chi connectivity index (χ1) is 13.8. The second kappa shape index (κ2) is 8.59. The summed E-state index contributed by atoms with van der Waals surface area (Å²) in [7, 11) is 1.97. The number of hydrogen-bond acceptors (Lipinski definition) is 3. The third kappa shape index (κ3) is 4.39. The largest absolute Gasteiger partial charge is 0.373 e. The monoisotopic (exact) mass is 401 g/mol. The number of benzene rings is 2. The standard InChI is InChI=1S/C22H25F2N3O2/c1-14(2)20(25-21(28)19-16(23)8-6-9-17(19)24)22(29)27-12-11-26(3)18-10-5-4-7-15(18)13-27/h4-10,14,20H,11-13H2,1-3H3,(H,25,28). The lowest BCUT2D eigenvalue weighted by Gasteiger charge is -2.29. The van der Waals surface area contributed by atoms with Gasteiger partial charge in [0.15, 0.2) is 0 Å². The molecule has 1 heterocycles. The quantitative estimate of drug-likeness (QED) is 0.856. The van der Waals surface area contributed by atoms with Crippen LogP contribution in [0.15, 0.2) is 42.5 Å². The summed E-state index contributed by atoms with van der Waals surface area (Å²) in [4.78, 5) is 29.6. The van der Waals surface area contributed by atoms with Gasteiger partial charge in [-0.2, -0.15) is 0 Å². The van der Waals surface area contributed by atoms with E-state index in [-0.39, 0.29) is 11.8 Å². The highest BCUT2D eigenvalue weighted by Gasteiger charge is 2.32. The van der Waals surface area contributed by atoms with Crippen molar-refractivity contribution in [2.24, 2.45) is 5.92 Å². The van der Waals surface area contributed by atoms with Gasteiger partial charge in [0, 0.05) is 32.4 Å². The van der Waals surface area contributed by atoms with Gasteiger partial charge < -0.3 is 15.1 Å². The van der Waals surface area contributed by atoms with Crippen LogP contribution >= 0.6 is 0 Å². The maximum atomic E-state index is 14.0. The number of hydrogen-bond donors (Lipinski definition) is 1. The number of halogens is 2. The Balaban J connectivity index is 1.82. The van der Waals surface area contributed by atoms with Gasteiger partial charge in [-0.3, -0.25) is 9.59 Å². The molecule has 1 aliphatic rings. The minimum absolute atomic E-state index is 0.252. The minimum atomic E-state index is -0.956. The molecule has 0 aromatic heterocycles. The molecule has 0 aliphatic carbocycles. The van der Waals surface area contributed by atoms with Gasteiger partial charge in [0.05, 0.1) is 0 Å². The summed E-state index contributed by atoms with van der Waals surface area (Å²) in [6, 6.07) is 10.2. The van der Waals surface area contributed by atoms with Gasteiger partial charge >= 0.3 is 0 Å². The van der Waals surface area contributed by atoms with Gasteiger partial charge in [0.1, 0.15) is 23.2 Å². The molecule has 1 aliphatic heterocycles. The predicted molar refractivity (Wildman–Crippen MR) is 108 cm³/mol. The molecule has 3 rings (SSSR count). The summed E-state index contributed by atoms with van der Waals surface area (Å²) in [6.07, 6.45) is 0. The highest BCUT2D eigenvalue weighted by molar-refractivity contribution is 5.98. The van der Waals surface area contributed by atoms with E-state index in [0.29, 0.717) is 19.6 Å². The zero-order chi connectivity index (χ0) is 21.1. The van der Waals surface area contributed by atoms with E-state index in [2.05, 4.69) is 10.2 Å². The SMILES string of the molecule is CC(C)C(NC(=O)c1c(F)cccc1F)C(=O)N1CCN(C)c2ccccc2C1. The van der Waals surface area contributed by atoms with Crippen LogP contribution in [0.4, 0.5) is 14.5 Å². The third-order valence-electron chi connectivity index (χ3n) is 5.19. The lowest BCUT2D eigenvalue weighted by molar-refractivity contribution is -0.134. The predicted octanol–water partition coefficient (Wildman–Crippen LogP) is 3.20. The maximum absolute atomic E-state index is 14.0. The van der Waals surface area contributed by atoms with E-state index in [1.165, 1.54) is 6.07 Å². The van der Waals surface area contributed by atoms with Crippen molar-refractivity contribution in [3.63, 3.8) is 0 Å². The molecule has 2 amide bonds. The van der Waals surface area contributed by atoms with Crippen molar-refractivity contribution in [1.82, 2.24) is 10.2 Å². The molecule has 154 valence electrons. The zero-order valence-electron chi connectivity index (χ0n) is 16.8. The molecule has 0 fully saturated rings. The molecule has 2 aromatic carbocycles. The van der Waals surface area contributed by atoms with Crippen LogP contribution in [0.1, 0.15) is 29.8 Å². The normalized spacial score (nSPS) is 15.0. The molecule has 2 aromatic rings. The lowest BCUT2D eigenvalue weighted by atomic mass is 10.0. The number of carbonyl (C=O) groups is 2. The van der Waals surface area contributed by atoms with E-state index in [1.54, 1.807) is 18.7 Å². The maximum Gasteiger partial charge on any atom is 0.257 e. The summed E-state index contributed by atoms with van der Waals surface area (Å²) >= 11 is 0. The van der Waals surface area contributed by atoms with Crippen molar-refractivity contribution in [2.45, 2.75) is 26.4 Å². The number of nitrogens with zero attached hydrogens (tertiary/aromatic N) is 2. The lowest BCUT2D eigenvalue weighted by Crippen LogP contribution is -2.51. The summed E-state index contributed by atoms with van der Waals surface area (Å²) in [5, 5.41) is 2.54.